The van der Waals surface area contributed by atoms with Crippen LogP contribution >= 0.6 is 15.9 Å². The van der Waals surface area contributed by atoms with Gasteiger partial charge in [0.05, 0.1) is 6.61 Å². The van der Waals surface area contributed by atoms with Crippen LogP contribution in [-0.4, -0.2) is 24.7 Å². The first kappa shape index (κ1) is 13.4. The highest BCUT2D eigenvalue weighted by Gasteiger charge is 2.04. The minimum Gasteiger partial charge on any atom is -0.462 e. The third-order valence-corrected chi connectivity index (χ3v) is 2.20. The van der Waals surface area contributed by atoms with Crippen molar-refractivity contribution < 1.29 is 14.3 Å². The number of hydrogen-bond donors (Lipinski definition) is 1. The van der Waals surface area contributed by atoms with Gasteiger partial charge < -0.3 is 4.74 Å². The topological polar surface area (TPSA) is 67.8 Å². The van der Waals surface area contributed by atoms with Crippen molar-refractivity contribution in [3.63, 3.8) is 0 Å². The van der Waals surface area contributed by atoms with Crippen LogP contribution in [0.1, 0.15) is 17.3 Å². The van der Waals surface area contributed by atoms with Crippen molar-refractivity contribution >= 4 is 34.0 Å². The van der Waals surface area contributed by atoms with Gasteiger partial charge in [-0.15, -0.1) is 0 Å². The van der Waals surface area contributed by atoms with Gasteiger partial charge in [-0.25, -0.2) is 10.2 Å². The fourth-order valence-electron chi connectivity index (χ4n) is 1.02. The van der Waals surface area contributed by atoms with Crippen LogP contribution in [0.3, 0.4) is 0 Å². The molecule has 0 spiro atoms. The van der Waals surface area contributed by atoms with Gasteiger partial charge in [0.1, 0.15) is 6.21 Å². The monoisotopic (exact) mass is 298 g/mol. The summed E-state index contributed by atoms with van der Waals surface area (Å²) in [6.45, 7) is 1.95. The van der Waals surface area contributed by atoms with Gasteiger partial charge in [0.2, 0.25) is 0 Å². The van der Waals surface area contributed by atoms with Crippen molar-refractivity contribution in [2.45, 2.75) is 6.92 Å². The van der Waals surface area contributed by atoms with Crippen LogP contribution in [0.15, 0.2) is 33.8 Å². The maximum Gasteiger partial charge on any atom is 0.351 e. The number of halogens is 1. The van der Waals surface area contributed by atoms with E-state index in [0.29, 0.717) is 5.56 Å². The molecule has 0 aliphatic rings. The number of rotatable bonds is 4. The standard InChI is InChI=1S/C11H11BrN2O3/c1-2-17-10(15)7-13-14-11(16)8-4-3-5-9(12)6-8/h3-7H,2H2,1H3,(H,14,16)/b13-7+. The Hall–Kier alpha value is -1.69. The molecule has 90 valence electrons. The van der Waals surface area contributed by atoms with Gasteiger partial charge in [0.25, 0.3) is 5.91 Å². The van der Waals surface area contributed by atoms with E-state index in [1.54, 1.807) is 31.2 Å². The molecule has 5 nitrogen and oxygen atoms in total. The second kappa shape index (κ2) is 6.80. The lowest BCUT2D eigenvalue weighted by Crippen LogP contribution is -2.19. The Morgan fingerprint density at radius 2 is 2.29 bits per heavy atom. The minimum absolute atomic E-state index is 0.268. The number of benzene rings is 1. The molecule has 0 atom stereocenters. The lowest BCUT2D eigenvalue weighted by atomic mass is 10.2. The number of nitrogens with one attached hydrogen (secondary N) is 1. The summed E-state index contributed by atoms with van der Waals surface area (Å²) in [5, 5.41) is 3.48. The van der Waals surface area contributed by atoms with Crippen molar-refractivity contribution in [1.82, 2.24) is 5.43 Å². The number of esters is 1. The summed E-state index contributed by atoms with van der Waals surface area (Å²) >= 11 is 3.25. The van der Waals surface area contributed by atoms with Crippen LogP contribution in [-0.2, 0) is 9.53 Å². The summed E-state index contributed by atoms with van der Waals surface area (Å²) in [6.07, 6.45) is 0.916. The molecule has 1 rings (SSSR count). The molecule has 17 heavy (non-hydrogen) atoms. The van der Waals surface area contributed by atoms with E-state index in [1.807, 2.05) is 0 Å². The zero-order valence-electron chi connectivity index (χ0n) is 9.14. The Balaban J connectivity index is 2.53. The predicted octanol–water partition coefficient (Wildman–Crippen LogP) is 1.73. The predicted molar refractivity (Wildman–Crippen MR) is 66.7 cm³/mol. The van der Waals surface area contributed by atoms with Crippen LogP contribution in [0.5, 0.6) is 0 Å². The van der Waals surface area contributed by atoms with E-state index >= 15 is 0 Å². The van der Waals surface area contributed by atoms with Crippen molar-refractivity contribution in [2.24, 2.45) is 5.10 Å². The number of carbonyl (C=O) groups is 2. The van der Waals surface area contributed by atoms with Crippen LogP contribution in [0, 0.1) is 0 Å². The Labute approximate surface area is 107 Å². The summed E-state index contributed by atoms with van der Waals surface area (Å²) in [5.74, 6) is -0.992. The highest BCUT2D eigenvalue weighted by molar-refractivity contribution is 9.10. The van der Waals surface area contributed by atoms with Gasteiger partial charge in [-0.3, -0.25) is 4.79 Å². The Morgan fingerprint density at radius 3 is 2.94 bits per heavy atom. The molecule has 0 heterocycles. The number of carbonyl (C=O) groups excluding carboxylic acids is 2. The first-order chi connectivity index (χ1) is 8.13. The van der Waals surface area contributed by atoms with E-state index in [2.05, 4.69) is 31.2 Å². The molecule has 0 aliphatic heterocycles. The quantitative estimate of drug-likeness (QED) is 0.523. The maximum absolute atomic E-state index is 11.5. The Bertz CT molecular complexity index is 446. The van der Waals surface area contributed by atoms with Gasteiger partial charge >= 0.3 is 5.97 Å². The molecule has 0 fully saturated rings. The molecule has 0 unspecified atom stereocenters. The lowest BCUT2D eigenvalue weighted by molar-refractivity contribution is -0.134. The van der Waals surface area contributed by atoms with Crippen LogP contribution < -0.4 is 5.43 Å². The van der Waals surface area contributed by atoms with Crippen molar-refractivity contribution in [3.05, 3.63) is 34.3 Å². The van der Waals surface area contributed by atoms with E-state index in [0.717, 1.165) is 10.7 Å². The Morgan fingerprint density at radius 1 is 1.53 bits per heavy atom. The molecule has 0 saturated heterocycles. The Kier molecular flexibility index (Phi) is 5.35. The molecule has 0 radical (unpaired) electrons. The van der Waals surface area contributed by atoms with E-state index in [9.17, 15) is 9.59 Å². The summed E-state index contributed by atoms with van der Waals surface area (Å²) in [5.41, 5.74) is 2.67. The number of hydrazone groups is 1. The van der Waals surface area contributed by atoms with Gasteiger partial charge in [-0.2, -0.15) is 5.10 Å². The smallest absolute Gasteiger partial charge is 0.351 e. The molecule has 1 aromatic rings. The van der Waals surface area contributed by atoms with E-state index in [4.69, 9.17) is 0 Å². The first-order valence-corrected chi connectivity index (χ1v) is 5.68. The zero-order chi connectivity index (χ0) is 12.7. The lowest BCUT2D eigenvalue weighted by Gasteiger charge is -2.00. The molecule has 0 saturated carbocycles. The SMILES string of the molecule is CCOC(=O)/C=N/NC(=O)c1cccc(Br)c1. The molecule has 1 N–H and O–H groups in total. The fraction of sp³-hybridized carbons (Fsp3) is 0.182. The van der Waals surface area contributed by atoms with Gasteiger partial charge in [-0.1, -0.05) is 22.0 Å². The molecule has 0 bridgehead atoms. The molecule has 1 aromatic carbocycles. The molecule has 0 aromatic heterocycles. The molecule has 0 aliphatic carbocycles. The van der Waals surface area contributed by atoms with Crippen molar-refractivity contribution in [2.75, 3.05) is 6.61 Å². The average molecular weight is 299 g/mol. The van der Waals surface area contributed by atoms with Gasteiger partial charge in [0.15, 0.2) is 0 Å². The number of ether oxygens (including phenoxy) is 1. The zero-order valence-corrected chi connectivity index (χ0v) is 10.7. The number of hydrogen-bond acceptors (Lipinski definition) is 4. The second-order valence-corrected chi connectivity index (χ2v) is 3.88. The van der Waals surface area contributed by atoms with Crippen LogP contribution in [0.2, 0.25) is 0 Å². The highest BCUT2D eigenvalue weighted by Crippen LogP contribution is 2.11. The molecular weight excluding hydrogens is 288 g/mol. The number of amides is 1. The molecule has 1 amide bonds. The average Bonchev–Trinajstić information content (AvgIpc) is 2.29. The fourth-order valence-corrected chi connectivity index (χ4v) is 1.42. The van der Waals surface area contributed by atoms with Crippen molar-refractivity contribution in [1.29, 1.82) is 0 Å². The van der Waals surface area contributed by atoms with E-state index in [-0.39, 0.29) is 6.61 Å². The van der Waals surface area contributed by atoms with Gasteiger partial charge in [0, 0.05) is 10.0 Å². The summed E-state index contributed by atoms with van der Waals surface area (Å²) in [4.78, 5) is 22.4. The van der Waals surface area contributed by atoms with Crippen molar-refractivity contribution in [3.8, 4) is 0 Å². The summed E-state index contributed by atoms with van der Waals surface area (Å²) < 4.78 is 5.39. The maximum atomic E-state index is 11.5. The highest BCUT2D eigenvalue weighted by atomic mass is 79.9. The van der Waals surface area contributed by atoms with E-state index in [1.165, 1.54) is 0 Å². The number of nitrogens with zero attached hydrogens (tertiary/aromatic N) is 1. The molecular formula is C11H11BrN2O3. The van der Waals surface area contributed by atoms with Crippen LogP contribution in [0.4, 0.5) is 0 Å². The normalized spacial score (nSPS) is 10.2. The molecule has 6 heteroatoms. The minimum atomic E-state index is -0.595. The summed E-state index contributed by atoms with van der Waals surface area (Å²) in [6, 6.07) is 6.82. The third kappa shape index (κ3) is 4.78. The largest absolute Gasteiger partial charge is 0.462 e. The van der Waals surface area contributed by atoms with Crippen LogP contribution in [0.25, 0.3) is 0 Å². The van der Waals surface area contributed by atoms with E-state index < -0.39 is 11.9 Å². The second-order valence-electron chi connectivity index (χ2n) is 2.96. The summed E-state index contributed by atoms with van der Waals surface area (Å²) in [7, 11) is 0. The third-order valence-electron chi connectivity index (χ3n) is 1.71. The van der Waals surface area contributed by atoms with Gasteiger partial charge in [-0.05, 0) is 25.1 Å². The first-order valence-electron chi connectivity index (χ1n) is 4.89.